The predicted octanol–water partition coefficient (Wildman–Crippen LogP) is 7.53. The summed E-state index contributed by atoms with van der Waals surface area (Å²) in [5.74, 6) is -0.222. The molecule has 188 valence electrons. The number of hydrogen-bond donors (Lipinski definition) is 1. The summed E-state index contributed by atoms with van der Waals surface area (Å²) in [7, 11) is 0. The molecule has 3 heterocycles. The van der Waals surface area contributed by atoms with E-state index in [1.54, 1.807) is 0 Å². The second kappa shape index (κ2) is 9.77. The molecule has 1 aliphatic heterocycles. The fourth-order valence-electron chi connectivity index (χ4n) is 4.57. The number of anilines is 1. The van der Waals surface area contributed by atoms with E-state index in [-0.39, 0.29) is 5.91 Å². The van der Waals surface area contributed by atoms with E-state index < -0.39 is 0 Å². The average Bonchev–Trinajstić information content (AvgIpc) is 3.65. The predicted molar refractivity (Wildman–Crippen MR) is 165 cm³/mol. The van der Waals surface area contributed by atoms with Gasteiger partial charge in [-0.05, 0) is 53.3 Å². The molecule has 0 radical (unpaired) electrons. The van der Waals surface area contributed by atoms with E-state index in [1.807, 2.05) is 89.8 Å². The van der Waals surface area contributed by atoms with Gasteiger partial charge in [-0.3, -0.25) is 10.2 Å². The van der Waals surface area contributed by atoms with Gasteiger partial charge in [-0.15, -0.1) is 0 Å². The van der Waals surface area contributed by atoms with E-state index in [4.69, 9.17) is 17.3 Å². The van der Waals surface area contributed by atoms with Crippen molar-refractivity contribution in [2.45, 2.75) is 0 Å². The number of thioether (sulfide) groups is 1. The number of benzene rings is 4. The number of hydrogen-bond acceptors (Lipinski definition) is 7. The van der Waals surface area contributed by atoms with Gasteiger partial charge in [0.05, 0.1) is 20.8 Å². The summed E-state index contributed by atoms with van der Waals surface area (Å²) in [5.41, 5.74) is 7.54. The number of rotatable bonds is 5. The number of carbonyl (C=O) groups is 1. The monoisotopic (exact) mass is 561 g/mol. The number of fused-ring (bicyclic) bond motifs is 2. The molecular weight excluding hydrogens is 543 g/mol. The highest BCUT2D eigenvalue weighted by atomic mass is 32.2. The van der Waals surface area contributed by atoms with Crippen molar-refractivity contribution in [3.63, 3.8) is 0 Å². The number of carbonyl (C=O) groups excluding carboxylic acids is 1. The fourth-order valence-corrected chi connectivity index (χ4v) is 6.59. The minimum atomic E-state index is -0.222. The van der Waals surface area contributed by atoms with E-state index >= 15 is 0 Å². The summed E-state index contributed by atoms with van der Waals surface area (Å²) < 4.78 is 3.31. The van der Waals surface area contributed by atoms with Crippen LogP contribution in [0.25, 0.3) is 44.0 Å². The van der Waals surface area contributed by atoms with Gasteiger partial charge in [0.2, 0.25) is 5.13 Å². The van der Waals surface area contributed by atoms with Gasteiger partial charge < -0.3 is 0 Å². The third-order valence-corrected chi connectivity index (χ3v) is 8.63. The number of thiocarbonyl (C=S) groups is 1. The zero-order chi connectivity index (χ0) is 26.3. The van der Waals surface area contributed by atoms with Crippen LogP contribution in [0.15, 0.2) is 108 Å². The molecule has 2 aromatic heterocycles. The molecule has 6 aromatic rings. The lowest BCUT2D eigenvalue weighted by Crippen LogP contribution is -2.33. The van der Waals surface area contributed by atoms with Gasteiger partial charge >= 0.3 is 0 Å². The topological polar surface area (TPSA) is 63.1 Å². The molecule has 1 aliphatic rings. The Morgan fingerprint density at radius 3 is 2.51 bits per heavy atom. The molecule has 0 aliphatic carbocycles. The van der Waals surface area contributed by atoms with Crippen LogP contribution in [0.4, 0.5) is 5.13 Å². The molecule has 1 fully saturated rings. The molecule has 1 saturated heterocycles. The third kappa shape index (κ3) is 4.40. The standard InChI is InChI=1S/C30H19N5OS3/c36-28-26(39-30(37)35(28)33-29-31-24-15-6-7-16-25(24)38-29)17-20-18-34(21-11-2-1-3-12-21)32-27(20)23-14-8-10-19-9-4-5-13-22(19)23/h1-18H,(H,31,33). The lowest BCUT2D eigenvalue weighted by atomic mass is 10.00. The highest BCUT2D eigenvalue weighted by Gasteiger charge is 2.33. The lowest BCUT2D eigenvalue weighted by molar-refractivity contribution is -0.121. The van der Waals surface area contributed by atoms with Gasteiger partial charge in [0.15, 0.2) is 4.32 Å². The summed E-state index contributed by atoms with van der Waals surface area (Å²) >= 11 is 8.32. The van der Waals surface area contributed by atoms with Gasteiger partial charge in [0, 0.05) is 17.3 Å². The van der Waals surface area contributed by atoms with E-state index in [1.165, 1.54) is 28.1 Å². The molecule has 1 amide bonds. The van der Waals surface area contributed by atoms with Crippen molar-refractivity contribution in [1.82, 2.24) is 19.8 Å². The first-order chi connectivity index (χ1) is 19.1. The first-order valence-corrected chi connectivity index (χ1v) is 14.2. The van der Waals surface area contributed by atoms with Crippen molar-refractivity contribution in [2.24, 2.45) is 0 Å². The molecule has 0 bridgehead atoms. The Morgan fingerprint density at radius 2 is 1.64 bits per heavy atom. The quantitative estimate of drug-likeness (QED) is 0.173. The van der Waals surface area contributed by atoms with Gasteiger partial charge in [-0.25, -0.2) is 9.67 Å². The normalized spacial score (nSPS) is 14.7. The number of nitrogens with one attached hydrogen (secondary N) is 1. The van der Waals surface area contributed by atoms with Crippen LogP contribution in [-0.2, 0) is 4.79 Å². The Balaban J connectivity index is 1.29. The number of nitrogens with zero attached hydrogens (tertiary/aromatic N) is 4. The van der Waals surface area contributed by atoms with Gasteiger partial charge in [0.1, 0.15) is 5.69 Å². The summed E-state index contributed by atoms with van der Waals surface area (Å²) in [5, 5.41) is 9.21. The van der Waals surface area contributed by atoms with Gasteiger partial charge in [-0.2, -0.15) is 10.1 Å². The second-order valence-corrected chi connectivity index (χ2v) is 11.6. The molecule has 0 saturated carbocycles. The minimum Gasteiger partial charge on any atom is -0.266 e. The van der Waals surface area contributed by atoms with E-state index in [0.717, 1.165) is 43.5 Å². The van der Waals surface area contributed by atoms with Crippen LogP contribution in [-0.4, -0.2) is 30.0 Å². The summed E-state index contributed by atoms with van der Waals surface area (Å²) in [6.07, 6.45) is 3.84. The summed E-state index contributed by atoms with van der Waals surface area (Å²) in [4.78, 5) is 18.6. The third-order valence-electron chi connectivity index (χ3n) is 6.39. The van der Waals surface area contributed by atoms with Crippen LogP contribution in [0.3, 0.4) is 0 Å². The van der Waals surface area contributed by atoms with Crippen molar-refractivity contribution < 1.29 is 4.79 Å². The number of aromatic nitrogens is 3. The van der Waals surface area contributed by atoms with Crippen molar-refractivity contribution >= 4 is 77.7 Å². The van der Waals surface area contributed by atoms with Crippen molar-refractivity contribution in [3.05, 3.63) is 114 Å². The Kier molecular flexibility index (Phi) is 5.96. The molecule has 7 rings (SSSR count). The Hall–Kier alpha value is -4.31. The zero-order valence-corrected chi connectivity index (χ0v) is 22.8. The van der Waals surface area contributed by atoms with Crippen molar-refractivity contribution in [1.29, 1.82) is 0 Å². The lowest BCUT2D eigenvalue weighted by Gasteiger charge is -2.14. The number of para-hydroxylation sites is 2. The van der Waals surface area contributed by atoms with E-state index in [2.05, 4.69) is 34.7 Å². The number of thiazole rings is 1. The second-order valence-electron chi connectivity index (χ2n) is 8.86. The highest BCUT2D eigenvalue weighted by Crippen LogP contribution is 2.37. The SMILES string of the molecule is O=C1C(=Cc2cn(-c3ccccc3)nc2-c2cccc3ccccc23)SC(=S)N1Nc1nc2ccccc2s1. The smallest absolute Gasteiger partial charge is 0.266 e. The summed E-state index contributed by atoms with van der Waals surface area (Å²) in [6, 6.07) is 32.2. The van der Waals surface area contributed by atoms with Crippen LogP contribution in [0.1, 0.15) is 5.56 Å². The number of hydrazine groups is 1. The van der Waals surface area contributed by atoms with E-state index in [9.17, 15) is 4.79 Å². The summed E-state index contributed by atoms with van der Waals surface area (Å²) in [6.45, 7) is 0. The Morgan fingerprint density at radius 1 is 0.872 bits per heavy atom. The molecule has 4 aromatic carbocycles. The number of amides is 1. The average molecular weight is 562 g/mol. The van der Waals surface area contributed by atoms with Gasteiger partial charge in [-0.1, -0.05) is 95.9 Å². The van der Waals surface area contributed by atoms with E-state index in [0.29, 0.717) is 14.4 Å². The largest absolute Gasteiger partial charge is 0.285 e. The van der Waals surface area contributed by atoms with Gasteiger partial charge in [0.25, 0.3) is 5.91 Å². The van der Waals surface area contributed by atoms with Crippen molar-refractivity contribution in [3.8, 4) is 16.9 Å². The zero-order valence-electron chi connectivity index (χ0n) is 20.3. The first-order valence-electron chi connectivity index (χ1n) is 12.2. The highest BCUT2D eigenvalue weighted by molar-refractivity contribution is 8.26. The van der Waals surface area contributed by atoms with Crippen LogP contribution >= 0.6 is 35.3 Å². The molecule has 1 N–H and O–H groups in total. The molecule has 0 atom stereocenters. The molecule has 0 spiro atoms. The maximum atomic E-state index is 13.5. The fraction of sp³-hybridized carbons (Fsp3) is 0. The molecule has 9 heteroatoms. The van der Waals surface area contributed by atoms with Crippen molar-refractivity contribution in [2.75, 3.05) is 5.43 Å². The Bertz CT molecular complexity index is 1890. The van der Waals surface area contributed by atoms with Crippen LogP contribution in [0.2, 0.25) is 0 Å². The Labute approximate surface area is 237 Å². The first kappa shape index (κ1) is 23.8. The molecule has 39 heavy (non-hydrogen) atoms. The molecular formula is C30H19N5OS3. The molecule has 0 unspecified atom stereocenters. The minimum absolute atomic E-state index is 0.222. The maximum absolute atomic E-state index is 13.5. The molecule has 6 nitrogen and oxygen atoms in total. The van der Waals surface area contributed by atoms with Crippen LogP contribution in [0.5, 0.6) is 0 Å². The van der Waals surface area contributed by atoms with Crippen LogP contribution < -0.4 is 5.43 Å². The van der Waals surface area contributed by atoms with Crippen LogP contribution in [0, 0.1) is 0 Å². The maximum Gasteiger partial charge on any atom is 0.285 e.